The first-order valence-electron chi connectivity index (χ1n) is 7.20. The summed E-state index contributed by atoms with van der Waals surface area (Å²) in [5, 5.41) is 0. The molecule has 0 fully saturated rings. The first-order chi connectivity index (χ1) is 8.37. The lowest BCUT2D eigenvalue weighted by Gasteiger charge is -2.31. The molecule has 1 atom stereocenters. The van der Waals surface area contributed by atoms with E-state index >= 15 is 0 Å². The summed E-state index contributed by atoms with van der Waals surface area (Å²) in [6.07, 6.45) is 0. The van der Waals surface area contributed by atoms with Crippen LogP contribution in [0, 0.1) is 5.92 Å². The molecule has 5 heteroatoms. The van der Waals surface area contributed by atoms with Gasteiger partial charge in [-0.05, 0) is 18.5 Å². The van der Waals surface area contributed by atoms with E-state index in [9.17, 15) is 0 Å². The molecule has 0 heterocycles. The van der Waals surface area contributed by atoms with Gasteiger partial charge in [0.1, 0.15) is 7.22 Å². The van der Waals surface area contributed by atoms with Crippen LogP contribution in [0.15, 0.2) is 0 Å². The standard InChI is InChI=1S/C13H32O2SSi2/c1-8-18(9-2,10-3)16-12-15-17(7,14-6)11-13(4)5/h13H,8-12H2,1-7H3. The molecule has 110 valence electrons. The highest BCUT2D eigenvalue weighted by molar-refractivity contribution is 8.28. The van der Waals surface area contributed by atoms with E-state index in [1.54, 1.807) is 0 Å². The normalized spacial score (nSPS) is 16.0. The third-order valence-electron chi connectivity index (χ3n) is 3.87. The average Bonchev–Trinajstić information content (AvgIpc) is 2.34. The van der Waals surface area contributed by atoms with Crippen molar-refractivity contribution in [3.63, 3.8) is 0 Å². The van der Waals surface area contributed by atoms with E-state index in [2.05, 4.69) is 52.4 Å². The van der Waals surface area contributed by atoms with Crippen molar-refractivity contribution in [2.45, 2.75) is 65.3 Å². The average molecular weight is 309 g/mol. The fourth-order valence-electron chi connectivity index (χ4n) is 2.28. The zero-order chi connectivity index (χ0) is 14.2. The van der Waals surface area contributed by atoms with Crippen LogP contribution in [-0.2, 0) is 8.85 Å². The molecule has 0 radical (unpaired) electrons. The molecule has 0 aliphatic rings. The van der Waals surface area contributed by atoms with Crippen molar-refractivity contribution in [3.05, 3.63) is 0 Å². The zero-order valence-electron chi connectivity index (χ0n) is 13.3. The topological polar surface area (TPSA) is 18.5 Å². The molecular weight excluding hydrogens is 276 g/mol. The van der Waals surface area contributed by atoms with E-state index in [0.717, 1.165) is 12.0 Å². The van der Waals surface area contributed by atoms with E-state index in [-0.39, 0.29) is 0 Å². The summed E-state index contributed by atoms with van der Waals surface area (Å²) in [7, 11) is -1.23. The predicted molar refractivity (Wildman–Crippen MR) is 89.0 cm³/mol. The molecule has 2 nitrogen and oxygen atoms in total. The quantitative estimate of drug-likeness (QED) is 0.414. The minimum atomic E-state index is -1.92. The third kappa shape index (κ3) is 6.23. The van der Waals surface area contributed by atoms with Crippen LogP contribution in [0.4, 0.5) is 0 Å². The summed E-state index contributed by atoms with van der Waals surface area (Å²) in [5.41, 5.74) is 0. The minimum Gasteiger partial charge on any atom is -0.398 e. The van der Waals surface area contributed by atoms with Crippen LogP contribution < -0.4 is 0 Å². The Kier molecular flexibility index (Phi) is 9.14. The Morgan fingerprint density at radius 2 is 1.56 bits per heavy atom. The lowest BCUT2D eigenvalue weighted by atomic mass is 10.3. The Hall–Kier alpha value is 0.704. The number of hydrogen-bond donors (Lipinski definition) is 0. The molecule has 0 saturated carbocycles. The second kappa shape index (κ2) is 8.79. The van der Waals surface area contributed by atoms with Gasteiger partial charge in [0.15, 0.2) is 0 Å². The van der Waals surface area contributed by atoms with E-state index in [1.165, 1.54) is 18.1 Å². The Morgan fingerprint density at radius 1 is 1.06 bits per heavy atom. The molecule has 0 bridgehead atoms. The van der Waals surface area contributed by atoms with Crippen molar-refractivity contribution in [1.29, 1.82) is 0 Å². The summed E-state index contributed by atoms with van der Waals surface area (Å²) in [4.78, 5) is 0. The van der Waals surface area contributed by atoms with Crippen molar-refractivity contribution in [2.75, 3.05) is 13.0 Å². The second-order valence-corrected chi connectivity index (χ2v) is 17.4. The van der Waals surface area contributed by atoms with Gasteiger partial charge in [-0.2, -0.15) is 11.2 Å². The molecule has 0 spiro atoms. The zero-order valence-corrected chi connectivity index (χ0v) is 16.2. The summed E-state index contributed by atoms with van der Waals surface area (Å²) >= 11 is 2.11. The Bertz CT molecular complexity index is 215. The van der Waals surface area contributed by atoms with E-state index in [0.29, 0.717) is 5.92 Å². The maximum absolute atomic E-state index is 6.16. The first-order valence-corrected chi connectivity index (χ1v) is 14.1. The summed E-state index contributed by atoms with van der Waals surface area (Å²) in [5.74, 6) is 1.49. The highest BCUT2D eigenvalue weighted by Crippen LogP contribution is 2.33. The molecule has 0 aromatic rings. The molecule has 18 heavy (non-hydrogen) atoms. The van der Waals surface area contributed by atoms with E-state index in [1.807, 2.05) is 7.11 Å². The monoisotopic (exact) mass is 308 g/mol. The van der Waals surface area contributed by atoms with Crippen LogP contribution in [0.25, 0.3) is 0 Å². The summed E-state index contributed by atoms with van der Waals surface area (Å²) in [6, 6.07) is 5.14. The van der Waals surface area contributed by atoms with Gasteiger partial charge in [0.25, 0.3) is 0 Å². The van der Waals surface area contributed by atoms with Crippen LogP contribution in [0.1, 0.15) is 34.6 Å². The van der Waals surface area contributed by atoms with Crippen molar-refractivity contribution in [2.24, 2.45) is 5.92 Å². The highest BCUT2D eigenvalue weighted by atomic mass is 32.4. The summed E-state index contributed by atoms with van der Waals surface area (Å²) in [6.45, 7) is 13.7. The van der Waals surface area contributed by atoms with Gasteiger partial charge in [-0.25, -0.2) is 0 Å². The van der Waals surface area contributed by atoms with Gasteiger partial charge in [-0.15, -0.1) is 0 Å². The second-order valence-electron chi connectivity index (χ2n) is 5.59. The molecule has 1 unspecified atom stereocenters. The number of rotatable bonds is 10. The molecular formula is C13H32O2SSi2. The van der Waals surface area contributed by atoms with E-state index < -0.39 is 15.8 Å². The fourth-order valence-corrected chi connectivity index (χ4v) is 10.9. The van der Waals surface area contributed by atoms with Gasteiger partial charge >= 0.3 is 8.56 Å². The van der Waals surface area contributed by atoms with Crippen molar-refractivity contribution in [3.8, 4) is 0 Å². The van der Waals surface area contributed by atoms with Gasteiger partial charge in [0.05, 0.1) is 5.94 Å². The van der Waals surface area contributed by atoms with Gasteiger partial charge in [-0.3, -0.25) is 0 Å². The number of hydrogen-bond acceptors (Lipinski definition) is 3. The third-order valence-corrected chi connectivity index (χ3v) is 16.8. The van der Waals surface area contributed by atoms with Crippen LogP contribution in [0.5, 0.6) is 0 Å². The molecule has 0 aliphatic heterocycles. The lowest BCUT2D eigenvalue weighted by Crippen LogP contribution is -2.39. The Balaban J connectivity index is 4.29. The van der Waals surface area contributed by atoms with Crippen molar-refractivity contribution < 1.29 is 8.85 Å². The van der Waals surface area contributed by atoms with Crippen LogP contribution in [0.3, 0.4) is 0 Å². The van der Waals surface area contributed by atoms with Gasteiger partial charge in [-0.1, -0.05) is 52.8 Å². The Morgan fingerprint density at radius 3 is 1.89 bits per heavy atom. The van der Waals surface area contributed by atoms with Gasteiger partial charge < -0.3 is 8.85 Å². The van der Waals surface area contributed by atoms with Crippen molar-refractivity contribution in [1.82, 2.24) is 0 Å². The smallest absolute Gasteiger partial charge is 0.335 e. The van der Waals surface area contributed by atoms with Gasteiger partial charge in [0.2, 0.25) is 0 Å². The fraction of sp³-hybridized carbons (Fsp3) is 1.00. The predicted octanol–water partition coefficient (Wildman–Crippen LogP) is 5.07. The Labute approximate surface area is 120 Å². The molecule has 0 N–H and O–H groups in total. The molecule has 0 saturated heterocycles. The van der Waals surface area contributed by atoms with Crippen LogP contribution >= 0.6 is 11.2 Å². The molecule has 0 aliphatic carbocycles. The van der Waals surface area contributed by atoms with Gasteiger partial charge in [0, 0.05) is 7.11 Å². The van der Waals surface area contributed by atoms with Crippen molar-refractivity contribution >= 4 is 27.0 Å². The molecule has 0 aromatic carbocycles. The molecule has 0 aromatic heterocycles. The largest absolute Gasteiger partial charge is 0.398 e. The highest BCUT2D eigenvalue weighted by Gasteiger charge is 2.33. The van der Waals surface area contributed by atoms with E-state index in [4.69, 9.17) is 8.85 Å². The molecule has 0 rings (SSSR count). The van der Waals surface area contributed by atoms with Crippen LogP contribution in [-0.4, -0.2) is 28.8 Å². The first kappa shape index (κ1) is 18.7. The molecule has 0 amide bonds. The summed E-state index contributed by atoms with van der Waals surface area (Å²) < 4.78 is 11.8. The lowest BCUT2D eigenvalue weighted by molar-refractivity contribution is 0.235. The SMILES string of the molecule is CC[Si](CC)(CC)SCO[Si](C)(CC(C)C)OC. The maximum Gasteiger partial charge on any atom is 0.335 e. The minimum absolute atomic E-state index is 0.650. The van der Waals surface area contributed by atoms with Crippen LogP contribution in [0.2, 0.25) is 30.7 Å². The maximum atomic E-state index is 6.16.